The lowest BCUT2D eigenvalue weighted by molar-refractivity contribution is -0.130. The van der Waals surface area contributed by atoms with E-state index in [1.807, 2.05) is 9.58 Å². The van der Waals surface area contributed by atoms with E-state index in [2.05, 4.69) is 5.32 Å². The first-order valence-corrected chi connectivity index (χ1v) is 12.5. The Hall–Kier alpha value is -4.29. The molecule has 2 aromatic carbocycles. The molecule has 2 aliphatic rings. The molecule has 1 fully saturated rings. The molecule has 3 heterocycles. The maximum Gasteiger partial charge on any atom is 0.414 e. The van der Waals surface area contributed by atoms with Gasteiger partial charge in [-0.3, -0.25) is 24.0 Å². The lowest BCUT2D eigenvalue weighted by atomic mass is 10.1. The van der Waals surface area contributed by atoms with Crippen LogP contribution in [0, 0.1) is 5.82 Å². The number of halogens is 3. The average molecular weight is 546 g/mol. The second-order valence-electron chi connectivity index (χ2n) is 9.51. The maximum absolute atomic E-state index is 15.3. The predicted octanol–water partition coefficient (Wildman–Crippen LogP) is 3.36. The molecule has 0 saturated carbocycles. The number of carbonyl (C=O) groups is 3. The van der Waals surface area contributed by atoms with E-state index >= 15 is 4.39 Å². The summed E-state index contributed by atoms with van der Waals surface area (Å²) in [5.41, 5.74) is 1.60. The van der Waals surface area contributed by atoms with Crippen LogP contribution in [0.2, 0.25) is 0 Å². The summed E-state index contributed by atoms with van der Waals surface area (Å²) in [4.78, 5) is 50.9. The van der Waals surface area contributed by atoms with Crippen molar-refractivity contribution >= 4 is 45.7 Å². The normalized spacial score (nSPS) is 17.4. The van der Waals surface area contributed by atoms with Crippen molar-refractivity contribution in [3.63, 3.8) is 0 Å². The van der Waals surface area contributed by atoms with Crippen LogP contribution in [-0.4, -0.2) is 59.3 Å². The smallest absolute Gasteiger partial charge is 0.414 e. The molecule has 0 spiro atoms. The molecule has 10 nitrogen and oxygen atoms in total. The highest BCUT2D eigenvalue weighted by Gasteiger charge is 2.33. The molecule has 39 heavy (non-hydrogen) atoms. The maximum atomic E-state index is 15.3. The highest BCUT2D eigenvalue weighted by molar-refractivity contribution is 5.92. The summed E-state index contributed by atoms with van der Waals surface area (Å²) in [6, 6.07) is 9.47. The van der Waals surface area contributed by atoms with E-state index in [0.717, 1.165) is 0 Å². The van der Waals surface area contributed by atoms with E-state index in [9.17, 15) is 28.0 Å². The predicted molar refractivity (Wildman–Crippen MR) is 137 cm³/mol. The largest absolute Gasteiger partial charge is 0.444 e. The number of aromatic nitrogens is 2. The van der Waals surface area contributed by atoms with Crippen molar-refractivity contribution in [3.8, 4) is 0 Å². The molecule has 1 atom stereocenters. The van der Waals surface area contributed by atoms with Gasteiger partial charge >= 0.3 is 6.09 Å². The van der Waals surface area contributed by atoms with Crippen molar-refractivity contribution in [2.45, 2.75) is 45.4 Å². The number of ketones is 1. The first-order chi connectivity index (χ1) is 18.6. The van der Waals surface area contributed by atoms with Crippen LogP contribution in [0.4, 0.5) is 35.0 Å². The van der Waals surface area contributed by atoms with Crippen molar-refractivity contribution < 1.29 is 32.3 Å². The Morgan fingerprint density at radius 2 is 1.79 bits per heavy atom. The first-order valence-electron chi connectivity index (χ1n) is 12.5. The van der Waals surface area contributed by atoms with Gasteiger partial charge in [-0.1, -0.05) is 0 Å². The Morgan fingerprint density at radius 3 is 2.49 bits per heavy atom. The minimum atomic E-state index is -3.07. The second-order valence-corrected chi connectivity index (χ2v) is 9.51. The fraction of sp³-hybridized carbons (Fsp3) is 0.385. The van der Waals surface area contributed by atoms with Gasteiger partial charge in [-0.15, -0.1) is 0 Å². The number of fused-ring (bicyclic) bond motifs is 3. The molecule has 13 heteroatoms. The van der Waals surface area contributed by atoms with Gasteiger partial charge in [0.2, 0.25) is 5.91 Å². The van der Waals surface area contributed by atoms with Crippen LogP contribution in [-0.2, 0) is 27.4 Å². The number of amides is 2. The van der Waals surface area contributed by atoms with Crippen molar-refractivity contribution in [1.82, 2.24) is 9.36 Å². The number of nitrogens with one attached hydrogen (secondary N) is 1. The zero-order valence-corrected chi connectivity index (χ0v) is 21.0. The molecule has 1 saturated heterocycles. The van der Waals surface area contributed by atoms with Crippen LogP contribution in [0.5, 0.6) is 0 Å². The fourth-order valence-electron chi connectivity index (χ4n) is 5.05. The third-order valence-electron chi connectivity index (χ3n) is 6.93. The van der Waals surface area contributed by atoms with Crippen molar-refractivity contribution in [2.75, 3.05) is 34.8 Å². The van der Waals surface area contributed by atoms with E-state index in [4.69, 9.17) is 4.74 Å². The Labute approximate surface area is 220 Å². The van der Waals surface area contributed by atoms with Gasteiger partial charge in [0.1, 0.15) is 11.9 Å². The molecule has 206 valence electrons. The number of benzene rings is 2. The van der Waals surface area contributed by atoms with E-state index in [1.54, 1.807) is 35.0 Å². The van der Waals surface area contributed by atoms with E-state index in [1.165, 1.54) is 17.9 Å². The molecular weight excluding hydrogens is 519 g/mol. The van der Waals surface area contributed by atoms with Gasteiger partial charge in [0.25, 0.3) is 12.0 Å². The Balaban J connectivity index is 1.29. The molecule has 0 aliphatic carbocycles. The Morgan fingerprint density at radius 1 is 1.05 bits per heavy atom. The summed E-state index contributed by atoms with van der Waals surface area (Å²) in [5, 5.41) is 3.16. The topological polar surface area (TPSA) is 106 Å². The molecule has 1 aromatic heterocycles. The third kappa shape index (κ3) is 5.20. The zero-order chi connectivity index (χ0) is 27.8. The van der Waals surface area contributed by atoms with Crippen molar-refractivity contribution in [3.05, 3.63) is 52.6 Å². The molecule has 5 rings (SSSR count). The van der Waals surface area contributed by atoms with Gasteiger partial charge in [-0.05, 0) is 42.8 Å². The van der Waals surface area contributed by atoms with Crippen LogP contribution in [0.1, 0.15) is 19.8 Å². The highest BCUT2D eigenvalue weighted by atomic mass is 19.3. The lowest BCUT2D eigenvalue weighted by Gasteiger charge is -2.24. The van der Waals surface area contributed by atoms with Crippen molar-refractivity contribution in [2.24, 2.45) is 0 Å². The van der Waals surface area contributed by atoms with Crippen molar-refractivity contribution in [1.29, 1.82) is 0 Å². The Kier molecular flexibility index (Phi) is 7.06. The summed E-state index contributed by atoms with van der Waals surface area (Å²) in [5.74, 6) is -2.02. The quantitative estimate of drug-likeness (QED) is 0.488. The summed E-state index contributed by atoms with van der Waals surface area (Å²) in [7, 11) is 0. The number of hydrogen-bond donors (Lipinski definition) is 1. The number of nitrogens with zero attached hydrogens (tertiary/aromatic N) is 4. The van der Waals surface area contributed by atoms with Gasteiger partial charge in [0.15, 0.2) is 5.78 Å². The van der Waals surface area contributed by atoms with Gasteiger partial charge < -0.3 is 15.0 Å². The number of anilines is 3. The molecule has 3 aromatic rings. The first kappa shape index (κ1) is 26.3. The van der Waals surface area contributed by atoms with E-state index < -0.39 is 36.6 Å². The molecule has 2 aliphatic heterocycles. The number of Topliss-reactive ketones (excluding diaryl/α,β-unsaturated/α-hetero) is 1. The minimum absolute atomic E-state index is 0.0208. The van der Waals surface area contributed by atoms with Crippen LogP contribution >= 0.6 is 0 Å². The van der Waals surface area contributed by atoms with E-state index in [-0.39, 0.29) is 30.1 Å². The second kappa shape index (κ2) is 10.5. The highest BCUT2D eigenvalue weighted by Crippen LogP contribution is 2.30. The average Bonchev–Trinajstić information content (AvgIpc) is 3.28. The van der Waals surface area contributed by atoms with E-state index in [0.29, 0.717) is 48.5 Å². The lowest BCUT2D eigenvalue weighted by Crippen LogP contribution is -2.29. The number of hydrogen-bond acceptors (Lipinski definition) is 6. The number of carbonyl (C=O) groups excluding carboxylic acids is 3. The zero-order valence-electron chi connectivity index (χ0n) is 21.0. The summed E-state index contributed by atoms with van der Waals surface area (Å²) >= 11 is 0. The van der Waals surface area contributed by atoms with Crippen LogP contribution < -0.4 is 20.7 Å². The van der Waals surface area contributed by atoms with Gasteiger partial charge in [0, 0.05) is 32.1 Å². The molecule has 0 bridgehead atoms. The number of rotatable bonds is 7. The monoisotopic (exact) mass is 545 g/mol. The standard InChI is InChI=1S/C26H26F3N5O5/c1-15(35)30-16-2-5-21-19(12-16)25(37)34-11-9-31(8-10-33(21)34)22-6-3-17(13-20(22)27)32-14-18(39-26(32)38)4-7-23(36)24(28)29/h2-3,5-6,12-13,18,24H,4,7-11,14H2,1H3,(H,30,35)/t18-/m0/s1. The molecule has 0 radical (unpaired) electrons. The summed E-state index contributed by atoms with van der Waals surface area (Å²) in [6.45, 7) is 2.91. The van der Waals surface area contributed by atoms with Crippen LogP contribution in [0.3, 0.4) is 0 Å². The van der Waals surface area contributed by atoms with Gasteiger partial charge in [0.05, 0.1) is 41.9 Å². The molecular formula is C26H26F3N5O5. The van der Waals surface area contributed by atoms with Crippen LogP contribution in [0.25, 0.3) is 10.9 Å². The number of cyclic esters (lactones) is 1. The Bertz CT molecular complexity index is 1520. The third-order valence-corrected chi connectivity index (χ3v) is 6.93. The molecule has 0 unspecified atom stereocenters. The minimum Gasteiger partial charge on any atom is -0.444 e. The number of ether oxygens (including phenoxy) is 1. The van der Waals surface area contributed by atoms with Gasteiger partial charge in [-0.2, -0.15) is 0 Å². The van der Waals surface area contributed by atoms with Gasteiger partial charge in [-0.25, -0.2) is 22.6 Å². The van der Waals surface area contributed by atoms with Crippen LogP contribution in [0.15, 0.2) is 41.2 Å². The summed E-state index contributed by atoms with van der Waals surface area (Å²) < 4.78 is 48.8. The number of alkyl halides is 2. The fourth-order valence-corrected chi connectivity index (χ4v) is 5.05. The molecule has 2 amide bonds. The SMILES string of the molecule is CC(=O)Nc1ccc2c(c1)c(=O)n1n2CCN(c2ccc(N3C[C@H](CCC(=O)C(F)F)OC3=O)cc2F)CC1. The molecule has 1 N–H and O–H groups in total. The summed E-state index contributed by atoms with van der Waals surface area (Å²) in [6.07, 6.45) is -5.00.